The minimum absolute atomic E-state index is 0.0243. The number of hydrogen-bond donors (Lipinski definition) is 2. The Morgan fingerprint density at radius 1 is 1.07 bits per heavy atom. The Balaban J connectivity index is 1.37. The molecule has 234 valence electrons. The Labute approximate surface area is 258 Å². The van der Waals surface area contributed by atoms with Crippen molar-refractivity contribution in [2.24, 2.45) is 10.8 Å². The Kier molecular flexibility index (Phi) is 8.54. The maximum absolute atomic E-state index is 13.7. The highest BCUT2D eigenvalue weighted by atomic mass is 32.2. The molecule has 2 N–H and O–H groups in total. The van der Waals surface area contributed by atoms with Gasteiger partial charge in [-0.25, -0.2) is 13.2 Å². The Bertz CT molecular complexity index is 1530. The largest absolute Gasteiger partial charge is 0.331 e. The molecule has 0 spiro atoms. The highest BCUT2D eigenvalue weighted by Crippen LogP contribution is 2.53. The average molecular weight is 630 g/mol. The van der Waals surface area contributed by atoms with Gasteiger partial charge in [-0.15, -0.1) is 11.3 Å². The molecular weight excluding hydrogens is 587 g/mol. The zero-order valence-electron chi connectivity index (χ0n) is 26.0. The number of imide groups is 1. The van der Waals surface area contributed by atoms with Gasteiger partial charge in [0.25, 0.3) is 11.8 Å². The van der Waals surface area contributed by atoms with E-state index < -0.39 is 27.9 Å². The fraction of sp³-hybridized carbons (Fsp3) is 0.581. The maximum atomic E-state index is 13.7. The van der Waals surface area contributed by atoms with Crippen molar-refractivity contribution < 1.29 is 22.8 Å². The summed E-state index contributed by atoms with van der Waals surface area (Å²) in [5.41, 5.74) is 1.51. The Hall–Kier alpha value is -2.80. The van der Waals surface area contributed by atoms with Crippen molar-refractivity contribution in [2.75, 3.05) is 39.0 Å². The second-order valence-corrected chi connectivity index (χ2v) is 16.6. The number of carbonyl (C=O) groups excluding carboxylic acids is 3. The van der Waals surface area contributed by atoms with E-state index in [1.165, 1.54) is 40.5 Å². The van der Waals surface area contributed by atoms with Gasteiger partial charge in [-0.1, -0.05) is 27.7 Å². The molecule has 10 nitrogen and oxygen atoms in total. The van der Waals surface area contributed by atoms with E-state index in [0.717, 1.165) is 49.2 Å². The number of thiophene rings is 1. The summed E-state index contributed by atoms with van der Waals surface area (Å²) in [7, 11) is -0.614. The van der Waals surface area contributed by atoms with Gasteiger partial charge >= 0.3 is 6.03 Å². The smallest absolute Gasteiger partial charge is 0.323 e. The third-order valence-corrected chi connectivity index (χ3v) is 11.9. The second-order valence-electron chi connectivity index (χ2n) is 13.6. The molecule has 2 atom stereocenters. The SMILES string of the molecule is CCCN1CCc2c(sc(NC(=O)c3ccc(S(=O)(=O)N4CC5(C)CC4CC(C)(C)C5)cc3)c2C(=O)NC(=O)N(C)C)C1. The molecule has 2 bridgehead atoms. The number of nitrogens with zero attached hydrogens (tertiary/aromatic N) is 3. The van der Waals surface area contributed by atoms with Crippen LogP contribution in [0.15, 0.2) is 29.2 Å². The third kappa shape index (κ3) is 6.38. The van der Waals surface area contributed by atoms with Crippen LogP contribution >= 0.6 is 11.3 Å². The molecule has 3 aliphatic rings. The summed E-state index contributed by atoms with van der Waals surface area (Å²) in [4.78, 5) is 43.7. The van der Waals surface area contributed by atoms with E-state index in [1.54, 1.807) is 18.4 Å². The summed E-state index contributed by atoms with van der Waals surface area (Å²) >= 11 is 1.35. The predicted octanol–water partition coefficient (Wildman–Crippen LogP) is 4.77. The van der Waals surface area contributed by atoms with Crippen LogP contribution in [0.3, 0.4) is 0 Å². The van der Waals surface area contributed by atoms with Crippen LogP contribution in [0.4, 0.5) is 9.80 Å². The van der Waals surface area contributed by atoms with Crippen LogP contribution in [0, 0.1) is 10.8 Å². The van der Waals surface area contributed by atoms with E-state index in [2.05, 4.69) is 43.2 Å². The maximum Gasteiger partial charge on any atom is 0.323 e. The molecule has 2 fully saturated rings. The van der Waals surface area contributed by atoms with Crippen molar-refractivity contribution in [1.29, 1.82) is 0 Å². The minimum atomic E-state index is -3.72. The topological polar surface area (TPSA) is 119 Å². The van der Waals surface area contributed by atoms with Gasteiger partial charge in [-0.05, 0) is 79.3 Å². The molecule has 43 heavy (non-hydrogen) atoms. The quantitative estimate of drug-likeness (QED) is 0.456. The Morgan fingerprint density at radius 3 is 2.42 bits per heavy atom. The van der Waals surface area contributed by atoms with Crippen LogP contribution in [0.1, 0.15) is 84.5 Å². The van der Waals surface area contributed by atoms with Gasteiger partial charge in [-0.3, -0.25) is 19.8 Å². The van der Waals surface area contributed by atoms with Gasteiger partial charge in [0.2, 0.25) is 10.0 Å². The van der Waals surface area contributed by atoms with Crippen molar-refractivity contribution in [3.8, 4) is 0 Å². The lowest BCUT2D eigenvalue weighted by atomic mass is 9.65. The van der Waals surface area contributed by atoms with Gasteiger partial charge < -0.3 is 10.2 Å². The standard InChI is InChI=1S/C31H43N5O5S2/c1-7-13-35-14-12-23-24(17-35)42-28(25(23)27(38)33-29(39)34(5)6)32-26(37)20-8-10-22(11-9-20)43(40,41)36-19-31(4)16-21(36)15-30(2,3)18-31/h8-11,21H,7,12-19H2,1-6H3,(H,32,37)(H,33,38,39). The van der Waals surface area contributed by atoms with Gasteiger partial charge in [-0.2, -0.15) is 4.31 Å². The molecule has 1 saturated heterocycles. The van der Waals surface area contributed by atoms with E-state index in [9.17, 15) is 22.8 Å². The van der Waals surface area contributed by atoms with E-state index in [4.69, 9.17) is 0 Å². The summed E-state index contributed by atoms with van der Waals surface area (Å²) in [5.74, 6) is -1.00. The first-order chi connectivity index (χ1) is 20.1. The van der Waals surface area contributed by atoms with Crippen molar-refractivity contribution in [2.45, 2.75) is 77.3 Å². The molecule has 12 heteroatoms. The van der Waals surface area contributed by atoms with E-state index in [0.29, 0.717) is 30.1 Å². The molecule has 2 aliphatic heterocycles. The fourth-order valence-corrected chi connectivity index (χ4v) is 10.4. The van der Waals surface area contributed by atoms with E-state index in [1.807, 2.05) is 0 Å². The van der Waals surface area contributed by atoms with E-state index >= 15 is 0 Å². The first-order valence-electron chi connectivity index (χ1n) is 15.0. The number of rotatable bonds is 7. The van der Waals surface area contributed by atoms with Crippen LogP contribution in [0.2, 0.25) is 0 Å². The summed E-state index contributed by atoms with van der Waals surface area (Å²) in [5, 5.41) is 5.69. The van der Waals surface area contributed by atoms with Crippen molar-refractivity contribution in [3.05, 3.63) is 45.8 Å². The lowest BCUT2D eigenvalue weighted by Gasteiger charge is -2.39. The van der Waals surface area contributed by atoms with Crippen LogP contribution in [0.25, 0.3) is 0 Å². The lowest BCUT2D eigenvalue weighted by molar-refractivity contribution is 0.0956. The number of anilines is 1. The average Bonchev–Trinajstić information content (AvgIpc) is 3.40. The van der Waals surface area contributed by atoms with Crippen LogP contribution in [-0.4, -0.2) is 80.1 Å². The predicted molar refractivity (Wildman–Crippen MR) is 168 cm³/mol. The molecule has 4 amide bonds. The summed E-state index contributed by atoms with van der Waals surface area (Å²) in [6.45, 7) is 11.6. The first kappa shape index (κ1) is 31.6. The number of fused-ring (bicyclic) bond motifs is 3. The van der Waals surface area contributed by atoms with Crippen LogP contribution < -0.4 is 10.6 Å². The lowest BCUT2D eigenvalue weighted by Crippen LogP contribution is -2.39. The molecule has 5 rings (SSSR count). The zero-order chi connectivity index (χ0) is 31.3. The zero-order valence-corrected chi connectivity index (χ0v) is 27.6. The summed E-state index contributed by atoms with van der Waals surface area (Å²) in [6, 6.07) is 5.45. The first-order valence-corrected chi connectivity index (χ1v) is 17.2. The summed E-state index contributed by atoms with van der Waals surface area (Å²) in [6.07, 6.45) is 4.34. The number of nitrogens with one attached hydrogen (secondary N) is 2. The molecular formula is C31H43N5O5S2. The fourth-order valence-electron chi connectivity index (χ4n) is 7.34. The molecule has 2 unspecified atom stereocenters. The molecule has 2 aromatic rings. The normalized spacial score (nSPS) is 23.4. The number of urea groups is 1. The van der Waals surface area contributed by atoms with Gasteiger partial charge in [0.1, 0.15) is 5.00 Å². The minimum Gasteiger partial charge on any atom is -0.331 e. The number of carbonyl (C=O) groups is 3. The molecule has 1 aromatic heterocycles. The third-order valence-electron chi connectivity index (χ3n) is 8.85. The van der Waals surface area contributed by atoms with Crippen LogP contribution in [-0.2, 0) is 23.0 Å². The number of hydrogen-bond acceptors (Lipinski definition) is 7. The van der Waals surface area contributed by atoms with Gasteiger partial charge in [0.05, 0.1) is 10.5 Å². The monoisotopic (exact) mass is 629 g/mol. The van der Waals surface area contributed by atoms with Crippen LogP contribution in [0.5, 0.6) is 0 Å². The number of amides is 4. The molecule has 1 aliphatic carbocycles. The second kappa shape index (κ2) is 11.6. The summed E-state index contributed by atoms with van der Waals surface area (Å²) < 4.78 is 29.0. The highest BCUT2D eigenvalue weighted by molar-refractivity contribution is 7.89. The van der Waals surface area contributed by atoms with Crippen molar-refractivity contribution >= 4 is 44.2 Å². The van der Waals surface area contributed by atoms with Crippen molar-refractivity contribution in [1.82, 2.24) is 19.4 Å². The number of sulfonamides is 1. The van der Waals surface area contributed by atoms with Gasteiger partial charge in [0, 0.05) is 50.2 Å². The molecule has 3 heterocycles. The molecule has 0 radical (unpaired) electrons. The Morgan fingerprint density at radius 2 is 1.77 bits per heavy atom. The molecule has 1 aromatic carbocycles. The highest BCUT2D eigenvalue weighted by Gasteiger charge is 2.53. The number of benzene rings is 1. The van der Waals surface area contributed by atoms with Crippen molar-refractivity contribution in [3.63, 3.8) is 0 Å². The van der Waals surface area contributed by atoms with Gasteiger partial charge in [0.15, 0.2) is 0 Å². The molecule has 1 saturated carbocycles. The van der Waals surface area contributed by atoms with E-state index in [-0.39, 0.29) is 27.3 Å².